The van der Waals surface area contributed by atoms with Gasteiger partial charge in [0.15, 0.2) is 5.82 Å². The number of nitrogens with one attached hydrogen (secondary N) is 1. The summed E-state index contributed by atoms with van der Waals surface area (Å²) in [6.45, 7) is 4.08. The first kappa shape index (κ1) is 16.4. The molecule has 3 aromatic rings. The molecule has 8 heteroatoms. The van der Waals surface area contributed by atoms with Crippen LogP contribution >= 0.6 is 15.9 Å². The summed E-state index contributed by atoms with van der Waals surface area (Å²) in [6, 6.07) is 6.08. The average Bonchev–Trinajstić information content (AvgIpc) is 2.93. The van der Waals surface area contributed by atoms with E-state index in [1.807, 2.05) is 24.5 Å². The first-order valence-electron chi connectivity index (χ1n) is 7.26. The molecule has 0 fully saturated rings. The van der Waals surface area contributed by atoms with Crippen LogP contribution in [0, 0.1) is 5.82 Å². The molecule has 0 radical (unpaired) electrons. The Balaban J connectivity index is 2.11. The minimum atomic E-state index is -0.823. The number of anilines is 2. The highest BCUT2D eigenvalue weighted by molar-refractivity contribution is 9.10. The van der Waals surface area contributed by atoms with Crippen molar-refractivity contribution in [2.24, 2.45) is 5.73 Å². The zero-order valence-corrected chi connectivity index (χ0v) is 14.6. The summed E-state index contributed by atoms with van der Waals surface area (Å²) in [5.74, 6) is -0.934. The van der Waals surface area contributed by atoms with Crippen molar-refractivity contribution in [2.75, 3.05) is 5.32 Å². The fourth-order valence-electron chi connectivity index (χ4n) is 2.44. The minimum absolute atomic E-state index is 0.177. The molecular weight excluding hydrogens is 377 g/mol. The molecule has 24 heavy (non-hydrogen) atoms. The first-order valence-corrected chi connectivity index (χ1v) is 8.05. The van der Waals surface area contributed by atoms with Crippen LogP contribution in [0.15, 0.2) is 35.2 Å². The van der Waals surface area contributed by atoms with E-state index in [4.69, 9.17) is 5.73 Å². The van der Waals surface area contributed by atoms with Gasteiger partial charge in [-0.2, -0.15) is 0 Å². The zero-order chi connectivity index (χ0) is 17.4. The highest BCUT2D eigenvalue weighted by Gasteiger charge is 2.15. The molecule has 2 heterocycles. The van der Waals surface area contributed by atoms with Crippen molar-refractivity contribution in [1.82, 2.24) is 14.5 Å². The number of hydrogen-bond acceptors (Lipinski definition) is 4. The van der Waals surface area contributed by atoms with E-state index in [1.165, 1.54) is 18.2 Å². The Bertz CT molecular complexity index is 938. The van der Waals surface area contributed by atoms with E-state index < -0.39 is 11.7 Å². The van der Waals surface area contributed by atoms with Crippen LogP contribution in [0.4, 0.5) is 15.9 Å². The Morgan fingerprint density at radius 3 is 2.79 bits per heavy atom. The van der Waals surface area contributed by atoms with E-state index in [-0.39, 0.29) is 11.6 Å². The summed E-state index contributed by atoms with van der Waals surface area (Å²) >= 11 is 3.36. The maximum Gasteiger partial charge on any atom is 0.251 e. The number of amides is 1. The van der Waals surface area contributed by atoms with Crippen molar-refractivity contribution in [2.45, 2.75) is 19.9 Å². The minimum Gasteiger partial charge on any atom is -0.366 e. The molecule has 0 atom stereocenters. The molecule has 6 nitrogen and oxygen atoms in total. The van der Waals surface area contributed by atoms with Crippen LogP contribution in [0.25, 0.3) is 11.0 Å². The number of nitrogens with zero attached hydrogens (tertiary/aromatic N) is 3. The molecule has 3 N–H and O–H groups in total. The molecule has 0 bridgehead atoms. The van der Waals surface area contributed by atoms with E-state index in [1.54, 1.807) is 6.33 Å². The molecule has 0 aliphatic carbocycles. The van der Waals surface area contributed by atoms with Gasteiger partial charge in [-0.3, -0.25) is 4.79 Å². The second-order valence-corrected chi connectivity index (χ2v) is 6.40. The highest BCUT2D eigenvalue weighted by Crippen LogP contribution is 2.29. The van der Waals surface area contributed by atoms with E-state index >= 15 is 0 Å². The van der Waals surface area contributed by atoms with Gasteiger partial charge in [0.1, 0.15) is 15.9 Å². The van der Waals surface area contributed by atoms with Crippen LogP contribution in [0.5, 0.6) is 0 Å². The van der Waals surface area contributed by atoms with Crippen molar-refractivity contribution >= 4 is 44.4 Å². The third-order valence-corrected chi connectivity index (χ3v) is 3.98. The van der Waals surface area contributed by atoms with Gasteiger partial charge in [0.05, 0.1) is 17.4 Å². The summed E-state index contributed by atoms with van der Waals surface area (Å²) < 4.78 is 16.2. The number of hydrogen-bond donors (Lipinski definition) is 2. The molecule has 1 aromatic carbocycles. The maximum absolute atomic E-state index is 13.6. The van der Waals surface area contributed by atoms with Gasteiger partial charge < -0.3 is 15.6 Å². The fourth-order valence-corrected chi connectivity index (χ4v) is 2.83. The third kappa shape index (κ3) is 2.96. The summed E-state index contributed by atoms with van der Waals surface area (Å²) in [5.41, 5.74) is 7.11. The van der Waals surface area contributed by atoms with E-state index in [0.717, 1.165) is 11.0 Å². The van der Waals surface area contributed by atoms with Crippen molar-refractivity contribution in [3.05, 3.63) is 46.6 Å². The van der Waals surface area contributed by atoms with Gasteiger partial charge in [0.2, 0.25) is 0 Å². The molecule has 3 rings (SSSR count). The van der Waals surface area contributed by atoms with Gasteiger partial charge in [0.25, 0.3) is 5.91 Å². The molecule has 0 aliphatic heterocycles. The van der Waals surface area contributed by atoms with Crippen LogP contribution < -0.4 is 11.1 Å². The first-order chi connectivity index (χ1) is 11.4. The monoisotopic (exact) mass is 391 g/mol. The lowest BCUT2D eigenvalue weighted by molar-refractivity contribution is 0.0996. The Kier molecular flexibility index (Phi) is 4.23. The SMILES string of the molecule is CC(C)n1cnc2cc(Br)nc(Nc3ccc(F)c(C(N)=O)c3)c21. The molecule has 0 aliphatic rings. The number of benzene rings is 1. The van der Waals surface area contributed by atoms with E-state index in [9.17, 15) is 9.18 Å². The fraction of sp³-hybridized carbons (Fsp3) is 0.188. The van der Waals surface area contributed by atoms with Crippen LogP contribution in [0.1, 0.15) is 30.2 Å². The number of pyridine rings is 1. The van der Waals surface area contributed by atoms with Gasteiger partial charge >= 0.3 is 0 Å². The number of nitrogens with two attached hydrogens (primary N) is 1. The number of primary amides is 1. The summed E-state index contributed by atoms with van der Waals surface area (Å²) in [5, 5.41) is 3.12. The molecule has 0 saturated carbocycles. The number of fused-ring (bicyclic) bond motifs is 1. The lowest BCUT2D eigenvalue weighted by Crippen LogP contribution is -2.13. The molecule has 0 spiro atoms. The summed E-state index contributed by atoms with van der Waals surface area (Å²) in [7, 11) is 0. The second-order valence-electron chi connectivity index (χ2n) is 5.59. The normalized spacial score (nSPS) is 11.2. The Morgan fingerprint density at radius 2 is 2.12 bits per heavy atom. The number of rotatable bonds is 4. The topological polar surface area (TPSA) is 85.8 Å². The number of imidazole rings is 1. The quantitative estimate of drug-likeness (QED) is 0.662. The smallest absolute Gasteiger partial charge is 0.251 e. The second kappa shape index (κ2) is 6.20. The van der Waals surface area contributed by atoms with Crippen molar-refractivity contribution < 1.29 is 9.18 Å². The van der Waals surface area contributed by atoms with Crippen LogP contribution in [-0.4, -0.2) is 20.4 Å². The largest absolute Gasteiger partial charge is 0.366 e. The number of halogens is 2. The van der Waals surface area contributed by atoms with Crippen LogP contribution in [0.2, 0.25) is 0 Å². The third-order valence-electron chi connectivity index (χ3n) is 3.57. The molecule has 2 aromatic heterocycles. The molecule has 0 saturated heterocycles. The Labute approximate surface area is 146 Å². The molecule has 1 amide bonds. The number of carbonyl (C=O) groups is 1. The lowest BCUT2D eigenvalue weighted by Gasteiger charge is -2.13. The predicted molar refractivity (Wildman–Crippen MR) is 93.8 cm³/mol. The summed E-state index contributed by atoms with van der Waals surface area (Å²) in [4.78, 5) is 20.1. The molecule has 0 unspecified atom stereocenters. The van der Waals surface area contributed by atoms with Crippen LogP contribution in [-0.2, 0) is 0 Å². The van der Waals surface area contributed by atoms with Gasteiger partial charge in [-0.25, -0.2) is 14.4 Å². The molecular formula is C16H15BrFN5O. The van der Waals surface area contributed by atoms with E-state index in [0.29, 0.717) is 16.1 Å². The van der Waals surface area contributed by atoms with Crippen molar-refractivity contribution in [3.8, 4) is 0 Å². The molecule has 124 valence electrons. The van der Waals surface area contributed by atoms with Gasteiger partial charge in [-0.15, -0.1) is 0 Å². The van der Waals surface area contributed by atoms with Crippen LogP contribution in [0.3, 0.4) is 0 Å². The lowest BCUT2D eigenvalue weighted by atomic mass is 10.1. The Hall–Kier alpha value is -2.48. The van der Waals surface area contributed by atoms with Crippen molar-refractivity contribution in [3.63, 3.8) is 0 Å². The van der Waals surface area contributed by atoms with Crippen molar-refractivity contribution in [1.29, 1.82) is 0 Å². The van der Waals surface area contributed by atoms with Gasteiger partial charge in [0, 0.05) is 11.7 Å². The van der Waals surface area contributed by atoms with Gasteiger partial charge in [-0.1, -0.05) is 0 Å². The zero-order valence-electron chi connectivity index (χ0n) is 13.0. The average molecular weight is 392 g/mol. The highest BCUT2D eigenvalue weighted by atomic mass is 79.9. The van der Waals surface area contributed by atoms with Gasteiger partial charge in [-0.05, 0) is 54.0 Å². The standard InChI is InChI=1S/C16H15BrFN5O/c1-8(2)23-7-20-12-6-13(17)22-16(14(12)23)21-9-3-4-11(18)10(5-9)15(19)24/h3-8H,1-2H3,(H2,19,24)(H,21,22). The Morgan fingerprint density at radius 1 is 1.38 bits per heavy atom. The predicted octanol–water partition coefficient (Wildman–Crippen LogP) is 3.76. The maximum atomic E-state index is 13.6. The summed E-state index contributed by atoms with van der Waals surface area (Å²) in [6.07, 6.45) is 1.74. The van der Waals surface area contributed by atoms with E-state index in [2.05, 4.69) is 31.2 Å². The number of aromatic nitrogens is 3. The number of carbonyl (C=O) groups excluding carboxylic acids is 1.